The van der Waals surface area contributed by atoms with Crippen molar-refractivity contribution in [1.82, 2.24) is 10.3 Å². The summed E-state index contributed by atoms with van der Waals surface area (Å²) >= 11 is 0. The van der Waals surface area contributed by atoms with E-state index in [0.717, 1.165) is 6.07 Å². The van der Waals surface area contributed by atoms with Crippen molar-refractivity contribution < 1.29 is 18.7 Å². The quantitative estimate of drug-likeness (QED) is 0.664. The molecule has 0 fully saturated rings. The Kier molecular flexibility index (Phi) is 5.54. The number of aromatic amines is 1. The largest absolute Gasteiger partial charge is 0.449 e. The van der Waals surface area contributed by atoms with Crippen molar-refractivity contribution in [2.24, 2.45) is 0 Å². The molecule has 0 bridgehead atoms. The van der Waals surface area contributed by atoms with Gasteiger partial charge in [-0.15, -0.1) is 0 Å². The second-order valence-corrected chi connectivity index (χ2v) is 6.42. The number of amides is 1. The van der Waals surface area contributed by atoms with E-state index in [4.69, 9.17) is 4.74 Å². The number of hydrogen-bond acceptors (Lipinski definition) is 4. The van der Waals surface area contributed by atoms with Crippen LogP contribution in [-0.4, -0.2) is 23.0 Å². The maximum Gasteiger partial charge on any atom is 0.339 e. The Morgan fingerprint density at radius 3 is 2.46 bits per heavy atom. The Labute approximate surface area is 160 Å². The second-order valence-electron chi connectivity index (χ2n) is 6.42. The first-order valence-corrected chi connectivity index (χ1v) is 8.74. The summed E-state index contributed by atoms with van der Waals surface area (Å²) in [7, 11) is 0. The topological polar surface area (TPSA) is 88.3 Å². The van der Waals surface area contributed by atoms with Crippen LogP contribution in [0.15, 0.2) is 59.4 Å². The molecule has 1 heterocycles. The number of para-hydroxylation sites is 1. The Hall–Kier alpha value is -3.48. The molecule has 2 N–H and O–H groups in total. The predicted molar refractivity (Wildman–Crippen MR) is 102 cm³/mol. The van der Waals surface area contributed by atoms with Gasteiger partial charge in [0.15, 0.2) is 6.10 Å². The Morgan fingerprint density at radius 2 is 1.75 bits per heavy atom. The normalized spacial score (nSPS) is 13.0. The molecule has 0 radical (unpaired) electrons. The molecule has 7 heteroatoms. The Balaban J connectivity index is 1.71. The van der Waals surface area contributed by atoms with E-state index in [1.807, 2.05) is 0 Å². The zero-order chi connectivity index (χ0) is 20.3. The molecule has 0 saturated heterocycles. The molecule has 28 heavy (non-hydrogen) atoms. The summed E-state index contributed by atoms with van der Waals surface area (Å²) in [4.78, 5) is 39.3. The molecule has 2 atom stereocenters. The number of carbonyl (C=O) groups is 2. The first-order chi connectivity index (χ1) is 13.3. The van der Waals surface area contributed by atoms with E-state index >= 15 is 0 Å². The van der Waals surface area contributed by atoms with Crippen LogP contribution >= 0.6 is 0 Å². The van der Waals surface area contributed by atoms with Gasteiger partial charge < -0.3 is 15.0 Å². The molecule has 0 aliphatic carbocycles. The third kappa shape index (κ3) is 4.25. The predicted octanol–water partition coefficient (Wildman–Crippen LogP) is 3.09. The lowest BCUT2D eigenvalue weighted by Gasteiger charge is -2.18. The summed E-state index contributed by atoms with van der Waals surface area (Å²) in [5.74, 6) is -1.63. The number of H-pyrrole nitrogens is 1. The van der Waals surface area contributed by atoms with Crippen molar-refractivity contribution in [3.8, 4) is 0 Å². The molecule has 6 nitrogen and oxygen atoms in total. The first-order valence-electron chi connectivity index (χ1n) is 8.74. The number of aromatic nitrogens is 1. The summed E-state index contributed by atoms with van der Waals surface area (Å²) < 4.78 is 18.3. The van der Waals surface area contributed by atoms with E-state index < -0.39 is 29.6 Å². The third-order valence-corrected chi connectivity index (χ3v) is 4.35. The zero-order valence-corrected chi connectivity index (χ0v) is 15.4. The first kappa shape index (κ1) is 19.3. The number of nitrogens with one attached hydrogen (secondary N) is 2. The number of hydrogen-bond donors (Lipinski definition) is 2. The van der Waals surface area contributed by atoms with Gasteiger partial charge in [0.25, 0.3) is 5.91 Å². The highest BCUT2D eigenvalue weighted by molar-refractivity contribution is 6.03. The van der Waals surface area contributed by atoms with Gasteiger partial charge >= 0.3 is 5.97 Å². The number of esters is 1. The van der Waals surface area contributed by atoms with Crippen molar-refractivity contribution >= 4 is 22.8 Å². The SMILES string of the molecule is C[C@H](NC(=O)[C@@H](C)OC(=O)c1cc(=O)[nH]c2ccccc12)c1ccc(F)cc1. The van der Waals surface area contributed by atoms with Crippen LogP contribution in [-0.2, 0) is 9.53 Å². The zero-order valence-electron chi connectivity index (χ0n) is 15.4. The number of pyridine rings is 1. The summed E-state index contributed by atoms with van der Waals surface area (Å²) in [6, 6.07) is 13.3. The smallest absolute Gasteiger partial charge is 0.339 e. The highest BCUT2D eigenvalue weighted by Crippen LogP contribution is 2.17. The summed E-state index contributed by atoms with van der Waals surface area (Å²) in [5.41, 5.74) is 0.871. The minimum atomic E-state index is -1.08. The molecule has 1 amide bonds. The van der Waals surface area contributed by atoms with E-state index in [9.17, 15) is 18.8 Å². The number of rotatable bonds is 5. The molecule has 0 unspecified atom stereocenters. The Morgan fingerprint density at radius 1 is 1.07 bits per heavy atom. The molecular weight excluding hydrogens is 363 g/mol. The molecule has 3 rings (SSSR count). The van der Waals surface area contributed by atoms with Gasteiger partial charge in [0.05, 0.1) is 11.6 Å². The van der Waals surface area contributed by atoms with Crippen molar-refractivity contribution in [2.45, 2.75) is 26.0 Å². The average molecular weight is 382 g/mol. The van der Waals surface area contributed by atoms with Gasteiger partial charge in [0.1, 0.15) is 5.82 Å². The molecular formula is C21H19FN2O4. The van der Waals surface area contributed by atoms with E-state index in [2.05, 4.69) is 10.3 Å². The van der Waals surface area contributed by atoms with E-state index in [0.29, 0.717) is 16.5 Å². The molecule has 0 aliphatic heterocycles. The van der Waals surface area contributed by atoms with Gasteiger partial charge in [0, 0.05) is 17.0 Å². The fraction of sp³-hybridized carbons (Fsp3) is 0.190. The fourth-order valence-corrected chi connectivity index (χ4v) is 2.82. The third-order valence-electron chi connectivity index (χ3n) is 4.35. The standard InChI is InChI=1S/C21H19FN2O4/c1-12(14-7-9-15(22)10-8-14)23-20(26)13(2)28-21(27)17-11-19(25)24-18-6-4-3-5-16(17)18/h3-13H,1-2H3,(H,23,26)(H,24,25)/t12-,13+/m0/s1. The molecule has 1 aromatic heterocycles. The van der Waals surface area contributed by atoms with Crippen molar-refractivity contribution in [2.75, 3.05) is 0 Å². The molecule has 0 spiro atoms. The van der Waals surface area contributed by atoms with Crippen LogP contribution in [0.1, 0.15) is 35.8 Å². The van der Waals surface area contributed by atoms with Gasteiger partial charge in [-0.25, -0.2) is 9.18 Å². The summed E-state index contributed by atoms with van der Waals surface area (Å²) in [5, 5.41) is 3.24. The second kappa shape index (κ2) is 8.04. The number of halogens is 1. The molecule has 3 aromatic rings. The van der Waals surface area contributed by atoms with Crippen LogP contribution in [0.2, 0.25) is 0 Å². The van der Waals surface area contributed by atoms with Crippen molar-refractivity contribution in [3.63, 3.8) is 0 Å². The summed E-state index contributed by atoms with van der Waals surface area (Å²) in [6.07, 6.45) is -1.08. The van der Waals surface area contributed by atoms with Crippen LogP contribution in [0.3, 0.4) is 0 Å². The molecule has 0 saturated carbocycles. The summed E-state index contributed by atoms with van der Waals surface area (Å²) in [6.45, 7) is 3.18. The van der Waals surface area contributed by atoms with Crippen LogP contribution in [0.4, 0.5) is 4.39 Å². The molecule has 144 valence electrons. The average Bonchev–Trinajstić information content (AvgIpc) is 2.67. The number of benzene rings is 2. The van der Waals surface area contributed by atoms with E-state index in [1.165, 1.54) is 19.1 Å². The molecule has 0 aliphatic rings. The van der Waals surface area contributed by atoms with Crippen LogP contribution in [0.5, 0.6) is 0 Å². The number of fused-ring (bicyclic) bond motifs is 1. The van der Waals surface area contributed by atoms with Crippen LogP contribution in [0, 0.1) is 5.82 Å². The van der Waals surface area contributed by atoms with Gasteiger partial charge in [-0.3, -0.25) is 9.59 Å². The van der Waals surface area contributed by atoms with Gasteiger partial charge in [-0.05, 0) is 37.6 Å². The highest BCUT2D eigenvalue weighted by atomic mass is 19.1. The maximum absolute atomic E-state index is 13.0. The lowest BCUT2D eigenvalue weighted by Crippen LogP contribution is -2.37. The highest BCUT2D eigenvalue weighted by Gasteiger charge is 2.22. The van der Waals surface area contributed by atoms with E-state index in [-0.39, 0.29) is 11.4 Å². The van der Waals surface area contributed by atoms with Crippen molar-refractivity contribution in [1.29, 1.82) is 0 Å². The maximum atomic E-state index is 13.0. The van der Waals surface area contributed by atoms with Gasteiger partial charge in [0.2, 0.25) is 5.56 Å². The van der Waals surface area contributed by atoms with E-state index in [1.54, 1.807) is 43.3 Å². The number of ether oxygens (including phenoxy) is 1. The lowest BCUT2D eigenvalue weighted by atomic mass is 10.1. The monoisotopic (exact) mass is 382 g/mol. The Bertz CT molecular complexity index is 1080. The lowest BCUT2D eigenvalue weighted by molar-refractivity contribution is -0.129. The van der Waals surface area contributed by atoms with Gasteiger partial charge in [-0.2, -0.15) is 0 Å². The van der Waals surface area contributed by atoms with Gasteiger partial charge in [-0.1, -0.05) is 30.3 Å². The van der Waals surface area contributed by atoms with Crippen LogP contribution < -0.4 is 10.9 Å². The minimum Gasteiger partial charge on any atom is -0.449 e. The van der Waals surface area contributed by atoms with Crippen molar-refractivity contribution in [3.05, 3.63) is 81.9 Å². The number of carbonyl (C=O) groups excluding carboxylic acids is 2. The fourth-order valence-electron chi connectivity index (χ4n) is 2.82. The minimum absolute atomic E-state index is 0.0885. The van der Waals surface area contributed by atoms with Crippen LogP contribution in [0.25, 0.3) is 10.9 Å². The molecule has 2 aromatic carbocycles.